The summed E-state index contributed by atoms with van der Waals surface area (Å²) in [5.74, 6) is 0.751. The van der Waals surface area contributed by atoms with Crippen LogP contribution >= 0.6 is 0 Å². The predicted octanol–water partition coefficient (Wildman–Crippen LogP) is 5.88. The van der Waals surface area contributed by atoms with Gasteiger partial charge >= 0.3 is 0 Å². The van der Waals surface area contributed by atoms with Crippen LogP contribution in [0.4, 0.5) is 0 Å². The fraction of sp³-hybridized carbons (Fsp3) is 0.632. The van der Waals surface area contributed by atoms with Gasteiger partial charge in [0, 0.05) is 12.0 Å². The summed E-state index contributed by atoms with van der Waals surface area (Å²) in [7, 11) is 0. The van der Waals surface area contributed by atoms with Gasteiger partial charge in [-0.05, 0) is 48.8 Å². The zero-order valence-electron chi connectivity index (χ0n) is 14.8. The van der Waals surface area contributed by atoms with E-state index in [2.05, 4.69) is 53.7 Å². The fourth-order valence-electron chi connectivity index (χ4n) is 2.73. The molecule has 0 aromatic rings. The fourth-order valence-corrected chi connectivity index (χ4v) is 2.73. The van der Waals surface area contributed by atoms with E-state index in [4.69, 9.17) is 0 Å². The molecule has 1 rings (SSSR count). The van der Waals surface area contributed by atoms with Crippen molar-refractivity contribution in [1.82, 2.24) is 0 Å². The highest BCUT2D eigenvalue weighted by Crippen LogP contribution is 2.43. The van der Waals surface area contributed by atoms with Gasteiger partial charge in [-0.15, -0.1) is 0 Å². The summed E-state index contributed by atoms with van der Waals surface area (Å²) in [6, 6.07) is 0. The Balaban J connectivity index is 0.00000172. The molecule has 0 aliphatic heterocycles. The molecule has 0 unspecified atom stereocenters. The largest absolute Gasteiger partial charge is 0.294 e. The Labute approximate surface area is 125 Å². The van der Waals surface area contributed by atoms with Crippen molar-refractivity contribution in [2.24, 2.45) is 11.3 Å². The predicted molar refractivity (Wildman–Crippen MR) is 89.8 cm³/mol. The second-order valence-electron chi connectivity index (χ2n) is 5.99. The van der Waals surface area contributed by atoms with E-state index < -0.39 is 0 Å². The number of allylic oxidation sites excluding steroid dienone is 6. The van der Waals surface area contributed by atoms with Crippen molar-refractivity contribution in [3.8, 4) is 0 Å². The summed E-state index contributed by atoms with van der Waals surface area (Å²) < 4.78 is 0. The van der Waals surface area contributed by atoms with Crippen LogP contribution in [0.3, 0.4) is 0 Å². The highest BCUT2D eigenvalue weighted by Gasteiger charge is 2.36. The van der Waals surface area contributed by atoms with Crippen LogP contribution in [0.15, 0.2) is 34.4 Å². The Hall–Kier alpha value is -1.11. The first kappa shape index (κ1) is 18.9. The van der Waals surface area contributed by atoms with Gasteiger partial charge in [-0.1, -0.05) is 53.7 Å². The molecule has 114 valence electrons. The molecule has 1 aliphatic carbocycles. The average Bonchev–Trinajstić information content (AvgIpc) is 2.39. The van der Waals surface area contributed by atoms with Crippen molar-refractivity contribution in [2.75, 3.05) is 0 Å². The van der Waals surface area contributed by atoms with E-state index in [0.29, 0.717) is 18.1 Å². The summed E-state index contributed by atoms with van der Waals surface area (Å²) in [5.41, 5.74) is 4.55. The number of carbonyl (C=O) groups is 1. The molecule has 1 heteroatoms. The lowest BCUT2D eigenvalue weighted by Gasteiger charge is -2.36. The Morgan fingerprint density at radius 3 is 1.95 bits per heavy atom. The quantitative estimate of drug-likeness (QED) is 0.616. The molecule has 0 atom stereocenters. The monoisotopic (exact) mass is 276 g/mol. The number of carbonyl (C=O) groups excluding carboxylic acids is 1. The van der Waals surface area contributed by atoms with E-state index in [1.807, 2.05) is 20.8 Å². The van der Waals surface area contributed by atoms with E-state index in [1.165, 1.54) is 16.7 Å². The lowest BCUT2D eigenvalue weighted by Crippen LogP contribution is -2.31. The van der Waals surface area contributed by atoms with Crippen LogP contribution in [0.2, 0.25) is 0 Å². The van der Waals surface area contributed by atoms with Crippen LogP contribution in [0, 0.1) is 11.3 Å². The second kappa shape index (κ2) is 7.61. The number of hydrogen-bond donors (Lipinski definition) is 0. The van der Waals surface area contributed by atoms with Gasteiger partial charge in [0.15, 0.2) is 5.78 Å². The van der Waals surface area contributed by atoms with E-state index in [1.54, 1.807) is 0 Å². The minimum absolute atomic E-state index is 0.0608. The number of rotatable bonds is 2. The first-order chi connectivity index (χ1) is 9.27. The summed E-state index contributed by atoms with van der Waals surface area (Å²) in [6.07, 6.45) is 4.75. The lowest BCUT2D eigenvalue weighted by atomic mass is 9.67. The van der Waals surface area contributed by atoms with Crippen molar-refractivity contribution in [2.45, 2.75) is 68.7 Å². The molecule has 0 N–H and O–H groups in total. The summed E-state index contributed by atoms with van der Waals surface area (Å²) in [4.78, 5) is 12.5. The molecule has 20 heavy (non-hydrogen) atoms. The molecular weight excluding hydrogens is 244 g/mol. The van der Waals surface area contributed by atoms with Crippen molar-refractivity contribution >= 4 is 5.78 Å². The molecular formula is C19H32O. The first-order valence-corrected chi connectivity index (χ1v) is 7.84. The smallest absolute Gasteiger partial charge is 0.164 e. The number of Topliss-reactive ketones (excluding diaryl/α,β-unsaturated/α-hetero) is 1. The molecule has 0 radical (unpaired) electrons. The van der Waals surface area contributed by atoms with Crippen LogP contribution in [-0.2, 0) is 4.79 Å². The van der Waals surface area contributed by atoms with Crippen molar-refractivity contribution in [1.29, 1.82) is 0 Å². The van der Waals surface area contributed by atoms with Crippen LogP contribution in [0.25, 0.3) is 0 Å². The first-order valence-electron chi connectivity index (χ1n) is 7.84. The van der Waals surface area contributed by atoms with Crippen LogP contribution < -0.4 is 0 Å². The van der Waals surface area contributed by atoms with Gasteiger partial charge in [0.2, 0.25) is 0 Å². The Kier molecular flexibility index (Phi) is 7.19. The molecule has 0 spiro atoms. The summed E-state index contributed by atoms with van der Waals surface area (Å²) in [5, 5.41) is 0. The van der Waals surface area contributed by atoms with Crippen LogP contribution in [-0.4, -0.2) is 5.78 Å². The van der Waals surface area contributed by atoms with E-state index >= 15 is 0 Å². The van der Waals surface area contributed by atoms with E-state index in [0.717, 1.165) is 5.57 Å². The van der Waals surface area contributed by atoms with Gasteiger partial charge in [0.05, 0.1) is 0 Å². The van der Waals surface area contributed by atoms with Crippen molar-refractivity contribution in [3.05, 3.63) is 34.4 Å². The highest BCUT2D eigenvalue weighted by molar-refractivity contribution is 6.02. The van der Waals surface area contributed by atoms with Crippen molar-refractivity contribution in [3.63, 3.8) is 0 Å². The molecule has 1 aliphatic rings. The van der Waals surface area contributed by atoms with Gasteiger partial charge in [0.25, 0.3) is 0 Å². The third kappa shape index (κ3) is 3.50. The zero-order chi connectivity index (χ0) is 16.1. The van der Waals surface area contributed by atoms with E-state index in [9.17, 15) is 4.79 Å². The topological polar surface area (TPSA) is 17.1 Å². The maximum absolute atomic E-state index is 12.5. The Morgan fingerprint density at radius 2 is 1.60 bits per heavy atom. The minimum atomic E-state index is -0.0608. The van der Waals surface area contributed by atoms with Gasteiger partial charge in [-0.25, -0.2) is 0 Å². The molecule has 0 saturated heterocycles. The maximum Gasteiger partial charge on any atom is 0.164 e. The molecule has 0 saturated carbocycles. The third-order valence-corrected chi connectivity index (χ3v) is 4.48. The molecule has 0 aromatic heterocycles. The second-order valence-corrected chi connectivity index (χ2v) is 5.99. The highest BCUT2D eigenvalue weighted by atomic mass is 16.1. The number of ketones is 1. The molecule has 1 nitrogen and oxygen atoms in total. The SMILES string of the molecule is C/C=C1/CC(=O)C(C(C)(C)C(C)C)=C(C)/C1=C/C.CC. The Bertz CT molecular complexity index is 442. The molecule has 0 heterocycles. The van der Waals surface area contributed by atoms with Gasteiger partial charge in [-0.2, -0.15) is 0 Å². The Morgan fingerprint density at radius 1 is 1.10 bits per heavy atom. The summed E-state index contributed by atoms with van der Waals surface area (Å²) >= 11 is 0. The van der Waals surface area contributed by atoms with Gasteiger partial charge in [0.1, 0.15) is 0 Å². The zero-order valence-corrected chi connectivity index (χ0v) is 14.8. The van der Waals surface area contributed by atoms with Crippen molar-refractivity contribution < 1.29 is 4.79 Å². The molecule has 0 amide bonds. The standard InChI is InChI=1S/C17H26O.C2H6/c1-8-13-10-15(18)16(12(5)14(13)9-2)17(6,7)11(3)4;1-2/h8-9,11H,10H2,1-7H3;1-2H3/b13-8-,14-9-;. The minimum Gasteiger partial charge on any atom is -0.294 e. The number of hydrogen-bond acceptors (Lipinski definition) is 1. The van der Waals surface area contributed by atoms with Crippen LogP contribution in [0.1, 0.15) is 68.7 Å². The van der Waals surface area contributed by atoms with Gasteiger partial charge in [-0.3, -0.25) is 4.79 Å². The molecule has 0 fully saturated rings. The third-order valence-electron chi connectivity index (χ3n) is 4.48. The van der Waals surface area contributed by atoms with E-state index in [-0.39, 0.29) is 5.41 Å². The molecule has 0 aromatic carbocycles. The normalized spacial score (nSPS) is 20.6. The lowest BCUT2D eigenvalue weighted by molar-refractivity contribution is -0.116. The average molecular weight is 276 g/mol. The van der Waals surface area contributed by atoms with Crippen LogP contribution in [0.5, 0.6) is 0 Å². The molecule has 0 bridgehead atoms. The maximum atomic E-state index is 12.5. The van der Waals surface area contributed by atoms with Gasteiger partial charge < -0.3 is 0 Å². The summed E-state index contributed by atoms with van der Waals surface area (Å²) in [6.45, 7) is 18.9.